The second-order valence-electron chi connectivity index (χ2n) is 5.80. The Morgan fingerprint density at radius 3 is 2.94 bits per heavy atom. The van der Waals surface area contributed by atoms with Crippen LogP contribution in [0.15, 0.2) is 12.4 Å². The van der Waals surface area contributed by atoms with E-state index in [1.165, 1.54) is 38.9 Å². The van der Waals surface area contributed by atoms with Gasteiger partial charge in [-0.1, -0.05) is 13.3 Å². The van der Waals surface area contributed by atoms with Crippen molar-refractivity contribution in [3.05, 3.63) is 18.2 Å². The maximum Gasteiger partial charge on any atom is 0.122 e. The molecule has 1 aliphatic heterocycles. The van der Waals surface area contributed by atoms with Crippen LogP contribution in [-0.4, -0.2) is 41.1 Å². The Balaban J connectivity index is 1.93. The first-order chi connectivity index (χ1) is 8.65. The van der Waals surface area contributed by atoms with Crippen molar-refractivity contribution >= 4 is 0 Å². The Labute approximate surface area is 110 Å². The van der Waals surface area contributed by atoms with Gasteiger partial charge in [0, 0.05) is 32.5 Å². The molecule has 1 aromatic rings. The van der Waals surface area contributed by atoms with Gasteiger partial charge in [0.05, 0.1) is 6.54 Å². The fourth-order valence-corrected chi connectivity index (χ4v) is 3.17. The number of nitrogens with zero attached hydrogens (tertiary/aromatic N) is 3. The molecule has 102 valence electrons. The van der Waals surface area contributed by atoms with Gasteiger partial charge in [-0.25, -0.2) is 4.98 Å². The quantitative estimate of drug-likeness (QED) is 0.833. The minimum atomic E-state index is 0.481. The summed E-state index contributed by atoms with van der Waals surface area (Å²) in [5.74, 6) is 1.15. The topological polar surface area (TPSA) is 33.1 Å². The smallest absolute Gasteiger partial charge is 0.122 e. The zero-order valence-electron chi connectivity index (χ0n) is 11.9. The second kappa shape index (κ2) is 5.85. The van der Waals surface area contributed by atoms with Crippen molar-refractivity contribution in [1.29, 1.82) is 0 Å². The highest BCUT2D eigenvalue weighted by Crippen LogP contribution is 2.32. The molecule has 0 saturated carbocycles. The van der Waals surface area contributed by atoms with Gasteiger partial charge in [0.15, 0.2) is 0 Å². The number of aromatic nitrogens is 2. The van der Waals surface area contributed by atoms with Crippen LogP contribution in [0, 0.1) is 5.41 Å². The van der Waals surface area contributed by atoms with E-state index >= 15 is 0 Å². The number of aryl methyl sites for hydroxylation is 1. The summed E-state index contributed by atoms with van der Waals surface area (Å²) in [4.78, 5) is 6.83. The van der Waals surface area contributed by atoms with Crippen molar-refractivity contribution in [3.63, 3.8) is 0 Å². The largest absolute Gasteiger partial charge is 0.337 e. The number of imidazole rings is 1. The maximum absolute atomic E-state index is 4.40. The molecule has 0 aliphatic carbocycles. The van der Waals surface area contributed by atoms with Gasteiger partial charge in [0.25, 0.3) is 0 Å². The first-order valence-corrected chi connectivity index (χ1v) is 7.01. The monoisotopic (exact) mass is 250 g/mol. The molecule has 1 atom stereocenters. The summed E-state index contributed by atoms with van der Waals surface area (Å²) >= 11 is 0. The van der Waals surface area contributed by atoms with Crippen molar-refractivity contribution in [3.8, 4) is 0 Å². The molecule has 4 nitrogen and oxygen atoms in total. The van der Waals surface area contributed by atoms with Crippen LogP contribution in [0.5, 0.6) is 0 Å². The van der Waals surface area contributed by atoms with E-state index in [-0.39, 0.29) is 0 Å². The summed E-state index contributed by atoms with van der Waals surface area (Å²) in [6.45, 7) is 6.75. The molecule has 0 spiro atoms. The van der Waals surface area contributed by atoms with Gasteiger partial charge in [-0.3, -0.25) is 4.90 Å². The Bertz CT molecular complexity index is 366. The molecule has 2 heterocycles. The van der Waals surface area contributed by atoms with Crippen LogP contribution in [0.2, 0.25) is 0 Å². The van der Waals surface area contributed by atoms with Gasteiger partial charge < -0.3 is 9.88 Å². The molecule has 4 heteroatoms. The molecule has 1 aliphatic rings. The molecule has 1 saturated heterocycles. The van der Waals surface area contributed by atoms with E-state index in [1.54, 1.807) is 0 Å². The Hall–Kier alpha value is -0.870. The van der Waals surface area contributed by atoms with Gasteiger partial charge in [-0.15, -0.1) is 0 Å². The molecule has 18 heavy (non-hydrogen) atoms. The third-order valence-electron chi connectivity index (χ3n) is 4.05. The van der Waals surface area contributed by atoms with Crippen molar-refractivity contribution < 1.29 is 0 Å². The molecule has 0 bridgehead atoms. The van der Waals surface area contributed by atoms with Gasteiger partial charge >= 0.3 is 0 Å². The molecule has 1 unspecified atom stereocenters. The van der Waals surface area contributed by atoms with E-state index in [4.69, 9.17) is 0 Å². The summed E-state index contributed by atoms with van der Waals surface area (Å²) < 4.78 is 2.11. The van der Waals surface area contributed by atoms with Crippen molar-refractivity contribution in [2.24, 2.45) is 12.5 Å². The number of nitrogens with one attached hydrogen (secondary N) is 1. The van der Waals surface area contributed by atoms with Crippen LogP contribution >= 0.6 is 0 Å². The molecule has 2 rings (SSSR count). The Morgan fingerprint density at radius 2 is 2.39 bits per heavy atom. The molecular weight excluding hydrogens is 224 g/mol. The lowest BCUT2D eigenvalue weighted by Crippen LogP contribution is -2.37. The highest BCUT2D eigenvalue weighted by atomic mass is 15.2. The summed E-state index contributed by atoms with van der Waals surface area (Å²) in [6.07, 6.45) is 7.80. The fourth-order valence-electron chi connectivity index (χ4n) is 3.17. The normalized spacial score (nSPS) is 24.0. The van der Waals surface area contributed by atoms with E-state index < -0.39 is 0 Å². The van der Waals surface area contributed by atoms with Crippen LogP contribution < -0.4 is 5.32 Å². The van der Waals surface area contributed by atoms with E-state index in [1.807, 2.05) is 12.4 Å². The van der Waals surface area contributed by atoms with Crippen molar-refractivity contribution in [1.82, 2.24) is 19.8 Å². The summed E-state index contributed by atoms with van der Waals surface area (Å²) in [5.41, 5.74) is 0.481. The standard InChI is InChI=1S/C14H26N4/c1-4-5-14(6-7-15-11-14)12-17(2)10-13-16-8-9-18(13)3/h8-9,15H,4-7,10-12H2,1-3H3. The Morgan fingerprint density at radius 1 is 1.56 bits per heavy atom. The Kier molecular flexibility index (Phi) is 4.40. The highest BCUT2D eigenvalue weighted by Gasteiger charge is 2.33. The van der Waals surface area contributed by atoms with Gasteiger partial charge in [-0.2, -0.15) is 0 Å². The average molecular weight is 250 g/mol. The van der Waals surface area contributed by atoms with Crippen LogP contribution in [0.1, 0.15) is 32.0 Å². The molecule has 0 amide bonds. The lowest BCUT2D eigenvalue weighted by atomic mass is 9.82. The first kappa shape index (κ1) is 13.6. The van der Waals surface area contributed by atoms with E-state index in [2.05, 4.69) is 40.8 Å². The predicted octanol–water partition coefficient (Wildman–Crippen LogP) is 1.63. The molecule has 0 radical (unpaired) electrons. The third-order valence-corrected chi connectivity index (χ3v) is 4.05. The average Bonchev–Trinajstić information content (AvgIpc) is 2.90. The highest BCUT2D eigenvalue weighted by molar-refractivity contribution is 4.93. The van der Waals surface area contributed by atoms with E-state index in [0.717, 1.165) is 12.4 Å². The van der Waals surface area contributed by atoms with E-state index in [9.17, 15) is 0 Å². The minimum Gasteiger partial charge on any atom is -0.337 e. The lowest BCUT2D eigenvalue weighted by Gasteiger charge is -2.32. The zero-order valence-corrected chi connectivity index (χ0v) is 11.9. The lowest BCUT2D eigenvalue weighted by molar-refractivity contribution is 0.169. The summed E-state index contributed by atoms with van der Waals surface area (Å²) in [6, 6.07) is 0. The molecule has 1 aromatic heterocycles. The third kappa shape index (κ3) is 3.12. The second-order valence-corrected chi connectivity index (χ2v) is 5.80. The van der Waals surface area contributed by atoms with Gasteiger partial charge in [0.1, 0.15) is 5.82 Å². The number of hydrogen-bond acceptors (Lipinski definition) is 3. The van der Waals surface area contributed by atoms with Gasteiger partial charge in [0.2, 0.25) is 0 Å². The number of hydrogen-bond donors (Lipinski definition) is 1. The van der Waals surface area contributed by atoms with Crippen molar-refractivity contribution in [2.45, 2.75) is 32.7 Å². The zero-order chi connectivity index (χ0) is 13.0. The fraction of sp³-hybridized carbons (Fsp3) is 0.786. The van der Waals surface area contributed by atoms with Crippen LogP contribution in [-0.2, 0) is 13.6 Å². The molecule has 1 fully saturated rings. The number of rotatable bonds is 6. The summed E-state index contributed by atoms with van der Waals surface area (Å²) in [7, 11) is 4.28. The molecular formula is C14H26N4. The van der Waals surface area contributed by atoms with Crippen LogP contribution in [0.3, 0.4) is 0 Å². The first-order valence-electron chi connectivity index (χ1n) is 7.01. The summed E-state index contributed by atoms with van der Waals surface area (Å²) in [5, 5.41) is 3.53. The molecule has 0 aromatic carbocycles. The van der Waals surface area contributed by atoms with Crippen LogP contribution in [0.25, 0.3) is 0 Å². The maximum atomic E-state index is 4.40. The molecule has 1 N–H and O–H groups in total. The minimum absolute atomic E-state index is 0.481. The predicted molar refractivity (Wildman–Crippen MR) is 74.4 cm³/mol. The van der Waals surface area contributed by atoms with E-state index in [0.29, 0.717) is 5.41 Å². The van der Waals surface area contributed by atoms with Crippen molar-refractivity contribution in [2.75, 3.05) is 26.7 Å². The van der Waals surface area contributed by atoms with Gasteiger partial charge in [-0.05, 0) is 31.8 Å². The SMILES string of the molecule is CCCC1(CN(C)Cc2nccn2C)CCNC1. The van der Waals surface area contributed by atoms with Crippen LogP contribution in [0.4, 0.5) is 0 Å².